The van der Waals surface area contributed by atoms with Crippen LogP contribution < -0.4 is 10.1 Å². The van der Waals surface area contributed by atoms with Crippen LogP contribution in [0.25, 0.3) is 6.08 Å². The predicted molar refractivity (Wildman–Crippen MR) is 89.5 cm³/mol. The highest BCUT2D eigenvalue weighted by Crippen LogP contribution is 2.13. The first-order valence-corrected chi connectivity index (χ1v) is 7.46. The molecule has 0 saturated heterocycles. The average molecular weight is 334 g/mol. The fourth-order valence-electron chi connectivity index (χ4n) is 1.91. The molecule has 0 radical (unpaired) electrons. The molecule has 2 amide bonds. The Morgan fingerprint density at radius 1 is 1.38 bits per heavy atom. The van der Waals surface area contributed by atoms with E-state index in [1.807, 2.05) is 6.07 Å². The van der Waals surface area contributed by atoms with Crippen molar-refractivity contribution in [3.8, 4) is 5.75 Å². The van der Waals surface area contributed by atoms with Gasteiger partial charge in [0.2, 0.25) is 11.8 Å². The molecule has 1 atom stereocenters. The first-order valence-electron chi connectivity index (χ1n) is 7.46. The van der Waals surface area contributed by atoms with Crippen LogP contribution in [-0.4, -0.2) is 54.5 Å². The van der Waals surface area contributed by atoms with Crippen molar-refractivity contribution in [3.05, 3.63) is 35.9 Å². The van der Waals surface area contributed by atoms with Crippen LogP contribution in [0, 0.1) is 0 Å². The molecule has 0 aromatic heterocycles. The van der Waals surface area contributed by atoms with Crippen molar-refractivity contribution in [2.75, 3.05) is 20.7 Å². The van der Waals surface area contributed by atoms with Gasteiger partial charge in [-0.2, -0.15) is 0 Å². The second-order valence-corrected chi connectivity index (χ2v) is 5.17. The molecule has 0 aliphatic heterocycles. The lowest BCUT2D eigenvalue weighted by Gasteiger charge is -2.17. The second kappa shape index (κ2) is 9.34. The normalized spacial score (nSPS) is 11.8. The molecule has 0 saturated carbocycles. The molecule has 1 aromatic carbocycles. The van der Waals surface area contributed by atoms with Crippen molar-refractivity contribution in [1.29, 1.82) is 0 Å². The largest absolute Gasteiger partial charge is 0.497 e. The fraction of sp³-hybridized carbons (Fsp3) is 0.353. The number of carboxylic acid groups (broad SMARTS) is 1. The highest BCUT2D eigenvalue weighted by Gasteiger charge is 2.19. The molecule has 1 rings (SSSR count). The molecule has 7 heteroatoms. The fourth-order valence-corrected chi connectivity index (χ4v) is 1.91. The highest BCUT2D eigenvalue weighted by atomic mass is 16.5. The standard InChI is InChI=1S/C17H22N2O5/c1-4-14(17(22)23)18-15(20)11-19(2)16(21)9-8-12-6-5-7-13(10-12)24-3/h5-10,14H,4,11H2,1-3H3,(H,18,20)(H,22,23)/b9-8+. The molecule has 130 valence electrons. The molecule has 0 aliphatic rings. The molecule has 0 spiro atoms. The van der Waals surface area contributed by atoms with Gasteiger partial charge in [0.1, 0.15) is 11.8 Å². The number of hydrogen-bond acceptors (Lipinski definition) is 4. The summed E-state index contributed by atoms with van der Waals surface area (Å²) in [5, 5.41) is 11.3. The number of carbonyl (C=O) groups is 3. The number of methoxy groups -OCH3 is 1. The minimum atomic E-state index is -1.10. The van der Waals surface area contributed by atoms with Gasteiger partial charge in [-0.05, 0) is 30.2 Å². The van der Waals surface area contributed by atoms with Gasteiger partial charge >= 0.3 is 5.97 Å². The van der Waals surface area contributed by atoms with E-state index in [9.17, 15) is 14.4 Å². The zero-order chi connectivity index (χ0) is 18.1. The molecule has 24 heavy (non-hydrogen) atoms. The summed E-state index contributed by atoms with van der Waals surface area (Å²) < 4.78 is 5.10. The third-order valence-electron chi connectivity index (χ3n) is 3.31. The number of ether oxygens (including phenoxy) is 1. The number of aliphatic carboxylic acids is 1. The summed E-state index contributed by atoms with van der Waals surface area (Å²) in [6.07, 6.45) is 3.23. The maximum absolute atomic E-state index is 12.0. The monoisotopic (exact) mass is 334 g/mol. The number of hydrogen-bond donors (Lipinski definition) is 2. The van der Waals surface area contributed by atoms with Crippen molar-refractivity contribution in [2.45, 2.75) is 19.4 Å². The van der Waals surface area contributed by atoms with E-state index < -0.39 is 17.9 Å². The van der Waals surface area contributed by atoms with Gasteiger partial charge < -0.3 is 20.1 Å². The van der Waals surface area contributed by atoms with E-state index in [-0.39, 0.29) is 18.9 Å². The maximum Gasteiger partial charge on any atom is 0.326 e. The Balaban J connectivity index is 2.59. The predicted octanol–water partition coefficient (Wildman–Crippen LogP) is 1.15. The van der Waals surface area contributed by atoms with Crippen LogP contribution in [-0.2, 0) is 14.4 Å². The van der Waals surface area contributed by atoms with E-state index >= 15 is 0 Å². The first kappa shape index (κ1) is 19.2. The van der Waals surface area contributed by atoms with Crippen molar-refractivity contribution >= 4 is 23.9 Å². The van der Waals surface area contributed by atoms with Gasteiger partial charge in [-0.15, -0.1) is 0 Å². The summed E-state index contributed by atoms with van der Waals surface area (Å²) >= 11 is 0. The van der Waals surface area contributed by atoms with Gasteiger partial charge in [0.15, 0.2) is 0 Å². The van der Waals surface area contributed by atoms with Gasteiger partial charge in [-0.1, -0.05) is 19.1 Å². The van der Waals surface area contributed by atoms with Gasteiger partial charge in [0.25, 0.3) is 0 Å². The summed E-state index contributed by atoms with van der Waals surface area (Å²) in [5.74, 6) is -1.31. The maximum atomic E-state index is 12.0. The Hall–Kier alpha value is -2.83. The quantitative estimate of drug-likeness (QED) is 0.695. The number of amides is 2. The molecule has 0 bridgehead atoms. The number of carbonyl (C=O) groups excluding carboxylic acids is 2. The molecule has 7 nitrogen and oxygen atoms in total. The van der Waals surface area contributed by atoms with Gasteiger partial charge in [0, 0.05) is 13.1 Å². The first-order chi connectivity index (χ1) is 11.4. The number of rotatable bonds is 8. The van der Waals surface area contributed by atoms with Crippen LogP contribution in [0.3, 0.4) is 0 Å². The van der Waals surface area contributed by atoms with E-state index in [0.717, 1.165) is 5.56 Å². The number of carboxylic acids is 1. The Morgan fingerprint density at radius 3 is 2.67 bits per heavy atom. The highest BCUT2D eigenvalue weighted by molar-refractivity contribution is 5.94. The topological polar surface area (TPSA) is 95.9 Å². The van der Waals surface area contributed by atoms with Crippen LogP contribution >= 0.6 is 0 Å². The molecule has 1 aromatic rings. The van der Waals surface area contributed by atoms with Crippen LogP contribution in [0.5, 0.6) is 5.75 Å². The van der Waals surface area contributed by atoms with Crippen LogP contribution in [0.2, 0.25) is 0 Å². The molecule has 2 N–H and O–H groups in total. The summed E-state index contributed by atoms with van der Waals surface area (Å²) in [5.41, 5.74) is 0.789. The zero-order valence-electron chi connectivity index (χ0n) is 14.0. The van der Waals surface area contributed by atoms with E-state index in [1.54, 1.807) is 38.3 Å². The Labute approximate surface area is 140 Å². The lowest BCUT2D eigenvalue weighted by atomic mass is 10.2. The van der Waals surface area contributed by atoms with Crippen molar-refractivity contribution in [2.24, 2.45) is 0 Å². The van der Waals surface area contributed by atoms with Crippen LogP contribution in [0.4, 0.5) is 0 Å². The summed E-state index contributed by atoms with van der Waals surface area (Å²) in [6.45, 7) is 1.44. The lowest BCUT2D eigenvalue weighted by molar-refractivity contribution is -0.142. The Bertz CT molecular complexity index is 627. The molecular weight excluding hydrogens is 312 g/mol. The minimum Gasteiger partial charge on any atom is -0.497 e. The summed E-state index contributed by atoms with van der Waals surface area (Å²) in [4.78, 5) is 35.9. The molecule has 0 heterocycles. The SMILES string of the molecule is CCC(NC(=O)CN(C)C(=O)/C=C/c1cccc(OC)c1)C(=O)O. The molecular formula is C17H22N2O5. The van der Waals surface area contributed by atoms with E-state index in [1.165, 1.54) is 18.0 Å². The van der Waals surface area contributed by atoms with E-state index in [2.05, 4.69) is 5.32 Å². The van der Waals surface area contributed by atoms with E-state index in [4.69, 9.17) is 9.84 Å². The van der Waals surface area contributed by atoms with Crippen LogP contribution in [0.15, 0.2) is 30.3 Å². The second-order valence-electron chi connectivity index (χ2n) is 5.17. The number of likely N-dealkylation sites (N-methyl/N-ethyl adjacent to an activating group) is 1. The number of nitrogens with one attached hydrogen (secondary N) is 1. The summed E-state index contributed by atoms with van der Waals surface area (Å²) in [7, 11) is 3.03. The smallest absolute Gasteiger partial charge is 0.326 e. The van der Waals surface area contributed by atoms with Crippen molar-refractivity contribution in [1.82, 2.24) is 10.2 Å². The molecule has 0 aliphatic carbocycles. The number of nitrogens with zero attached hydrogens (tertiary/aromatic N) is 1. The molecule has 1 unspecified atom stereocenters. The van der Waals surface area contributed by atoms with Gasteiger partial charge in [-0.25, -0.2) is 4.79 Å². The minimum absolute atomic E-state index is 0.217. The van der Waals surface area contributed by atoms with E-state index in [0.29, 0.717) is 5.75 Å². The Kier molecular flexibility index (Phi) is 7.48. The molecule has 0 fully saturated rings. The average Bonchev–Trinajstić information content (AvgIpc) is 2.57. The third kappa shape index (κ3) is 6.12. The third-order valence-corrected chi connectivity index (χ3v) is 3.31. The number of benzene rings is 1. The van der Waals surface area contributed by atoms with Crippen molar-refractivity contribution in [3.63, 3.8) is 0 Å². The lowest BCUT2D eigenvalue weighted by Crippen LogP contribution is -2.45. The van der Waals surface area contributed by atoms with Gasteiger partial charge in [0.05, 0.1) is 13.7 Å². The van der Waals surface area contributed by atoms with Gasteiger partial charge in [-0.3, -0.25) is 9.59 Å². The zero-order valence-corrected chi connectivity index (χ0v) is 14.0. The Morgan fingerprint density at radius 2 is 2.08 bits per heavy atom. The van der Waals surface area contributed by atoms with Crippen LogP contribution in [0.1, 0.15) is 18.9 Å². The summed E-state index contributed by atoms with van der Waals surface area (Å²) in [6, 6.07) is 6.24. The van der Waals surface area contributed by atoms with Crippen molar-refractivity contribution < 1.29 is 24.2 Å².